The molecule has 2 aliphatic rings. The zero-order valence-corrected chi connectivity index (χ0v) is 22.4. The molecule has 1 aromatic carbocycles. The Morgan fingerprint density at radius 1 is 1.08 bits per heavy atom. The maximum absolute atomic E-state index is 13.8. The zero-order chi connectivity index (χ0) is 28.0. The van der Waals surface area contributed by atoms with Crippen LogP contribution < -0.4 is 26.2 Å². The summed E-state index contributed by atoms with van der Waals surface area (Å²) in [5.74, 6) is -0.235. The minimum absolute atomic E-state index is 0.0422. The number of hydrogen-bond donors (Lipinski definition) is 4. The first-order chi connectivity index (χ1) is 18.7. The van der Waals surface area contributed by atoms with Gasteiger partial charge >= 0.3 is 6.18 Å². The number of halogens is 3. The van der Waals surface area contributed by atoms with E-state index < -0.39 is 11.7 Å². The number of likely N-dealkylation sites (tertiary alicyclic amines) is 1. The molecule has 13 heteroatoms. The third kappa shape index (κ3) is 7.49. The van der Waals surface area contributed by atoms with Gasteiger partial charge in [0.15, 0.2) is 0 Å². The summed E-state index contributed by atoms with van der Waals surface area (Å²) in [6, 6.07) is 4.46. The molecule has 1 aliphatic heterocycles. The summed E-state index contributed by atoms with van der Waals surface area (Å²) in [6.45, 7) is 1.84. The van der Waals surface area contributed by atoms with Crippen molar-refractivity contribution < 1.29 is 27.5 Å². The number of hydroxylamine groups is 1. The van der Waals surface area contributed by atoms with Crippen LogP contribution >= 0.6 is 0 Å². The average molecular weight is 552 g/mol. The molecule has 1 aromatic heterocycles. The molecule has 4 N–H and O–H groups in total. The van der Waals surface area contributed by atoms with Gasteiger partial charge in [-0.3, -0.25) is 4.79 Å². The van der Waals surface area contributed by atoms with Gasteiger partial charge in [-0.25, -0.2) is 4.98 Å². The van der Waals surface area contributed by atoms with E-state index in [1.807, 2.05) is 0 Å². The number of rotatable bonds is 9. The van der Waals surface area contributed by atoms with Crippen molar-refractivity contribution >= 4 is 23.4 Å². The first-order valence-corrected chi connectivity index (χ1v) is 13.1. The number of anilines is 3. The van der Waals surface area contributed by atoms with Crippen LogP contribution in [0.15, 0.2) is 24.4 Å². The van der Waals surface area contributed by atoms with E-state index in [1.165, 1.54) is 14.2 Å². The molecule has 214 valence electrons. The molecular weight excluding hydrogens is 515 g/mol. The van der Waals surface area contributed by atoms with Crippen molar-refractivity contribution in [2.24, 2.45) is 0 Å². The smallest absolute Gasteiger partial charge is 0.421 e. The van der Waals surface area contributed by atoms with Crippen molar-refractivity contribution in [1.29, 1.82) is 0 Å². The number of methoxy groups -OCH3 is 1. The number of amides is 1. The highest BCUT2D eigenvalue weighted by atomic mass is 19.4. The van der Waals surface area contributed by atoms with Gasteiger partial charge in [-0.1, -0.05) is 12.8 Å². The van der Waals surface area contributed by atoms with Gasteiger partial charge in [-0.2, -0.15) is 23.6 Å². The topological polar surface area (TPSA) is 113 Å². The van der Waals surface area contributed by atoms with E-state index in [-0.39, 0.29) is 35.8 Å². The summed E-state index contributed by atoms with van der Waals surface area (Å²) in [7, 11) is 4.99. The van der Waals surface area contributed by atoms with E-state index in [4.69, 9.17) is 9.57 Å². The number of hydrogen-bond acceptors (Lipinski definition) is 9. The van der Waals surface area contributed by atoms with Gasteiger partial charge in [0, 0.05) is 23.8 Å². The second-order valence-electron chi connectivity index (χ2n) is 10.0. The molecule has 4 rings (SSSR count). The van der Waals surface area contributed by atoms with Crippen LogP contribution in [0.4, 0.5) is 30.6 Å². The highest BCUT2D eigenvalue weighted by Gasteiger charge is 2.37. The van der Waals surface area contributed by atoms with Crippen LogP contribution in [0.25, 0.3) is 0 Å². The lowest BCUT2D eigenvalue weighted by Crippen LogP contribution is -2.46. The summed E-state index contributed by atoms with van der Waals surface area (Å²) >= 11 is 0. The largest absolute Gasteiger partial charge is 0.495 e. The second kappa shape index (κ2) is 12.8. The van der Waals surface area contributed by atoms with E-state index in [0.717, 1.165) is 51.4 Å². The highest BCUT2D eigenvalue weighted by Crippen LogP contribution is 2.36. The lowest BCUT2D eigenvalue weighted by Gasteiger charge is -2.33. The maximum Gasteiger partial charge on any atom is 0.421 e. The van der Waals surface area contributed by atoms with E-state index in [1.54, 1.807) is 18.2 Å². The Labute approximate surface area is 226 Å². The molecule has 2 heterocycles. The number of aromatic nitrogens is 2. The normalized spacial score (nSPS) is 20.9. The minimum Gasteiger partial charge on any atom is -0.495 e. The average Bonchev–Trinajstić information content (AvgIpc) is 2.91. The van der Waals surface area contributed by atoms with Gasteiger partial charge in [-0.05, 0) is 64.0 Å². The van der Waals surface area contributed by atoms with E-state index >= 15 is 0 Å². The first-order valence-electron chi connectivity index (χ1n) is 13.1. The number of nitrogens with zero attached hydrogens (tertiary/aromatic N) is 3. The molecule has 1 saturated carbocycles. The molecule has 2 fully saturated rings. The number of piperidine rings is 1. The SMILES string of the molecule is CON[C@H]1CCCC[C@H]1Nc1nc(Nc2ccc(C(=O)NC3CCN(C)CC3)cc2OC)ncc1C(F)(F)F. The zero-order valence-electron chi connectivity index (χ0n) is 22.4. The Morgan fingerprint density at radius 3 is 2.46 bits per heavy atom. The third-order valence-electron chi connectivity index (χ3n) is 7.22. The Morgan fingerprint density at radius 2 is 1.79 bits per heavy atom. The van der Waals surface area contributed by atoms with E-state index in [9.17, 15) is 18.0 Å². The summed E-state index contributed by atoms with van der Waals surface area (Å²) in [6.07, 6.45) is 1.14. The third-order valence-corrected chi connectivity index (χ3v) is 7.22. The fourth-order valence-corrected chi connectivity index (χ4v) is 5.01. The molecule has 1 aliphatic carbocycles. The molecule has 0 bridgehead atoms. The number of nitrogens with one attached hydrogen (secondary N) is 4. The predicted molar refractivity (Wildman–Crippen MR) is 141 cm³/mol. The van der Waals surface area contributed by atoms with Gasteiger partial charge in [-0.15, -0.1) is 0 Å². The molecule has 1 amide bonds. The van der Waals surface area contributed by atoms with Crippen LogP contribution in [-0.2, 0) is 11.0 Å². The van der Waals surface area contributed by atoms with Gasteiger partial charge in [0.2, 0.25) is 5.95 Å². The van der Waals surface area contributed by atoms with Gasteiger partial charge in [0.25, 0.3) is 5.91 Å². The Balaban J connectivity index is 1.52. The predicted octanol–water partition coefficient (Wildman–Crippen LogP) is 3.95. The Hall–Kier alpha value is -3.16. The maximum atomic E-state index is 13.8. The highest BCUT2D eigenvalue weighted by molar-refractivity contribution is 5.95. The molecule has 2 atom stereocenters. The lowest BCUT2D eigenvalue weighted by atomic mass is 9.91. The fraction of sp³-hybridized carbons (Fsp3) is 0.577. The van der Waals surface area contributed by atoms with Crippen LogP contribution in [0, 0.1) is 0 Å². The van der Waals surface area contributed by atoms with Crippen molar-refractivity contribution in [3.63, 3.8) is 0 Å². The van der Waals surface area contributed by atoms with Crippen LogP contribution in [0.2, 0.25) is 0 Å². The van der Waals surface area contributed by atoms with E-state index in [2.05, 4.69) is 43.3 Å². The molecule has 0 unspecified atom stereocenters. The molecular formula is C26H36F3N7O3. The quantitative estimate of drug-likeness (QED) is 0.344. The Bertz CT molecular complexity index is 1120. The molecule has 39 heavy (non-hydrogen) atoms. The van der Waals surface area contributed by atoms with Crippen LogP contribution in [0.5, 0.6) is 5.75 Å². The van der Waals surface area contributed by atoms with Crippen molar-refractivity contribution in [3.05, 3.63) is 35.5 Å². The van der Waals surface area contributed by atoms with Crippen LogP contribution in [-0.4, -0.2) is 73.3 Å². The molecule has 2 aromatic rings. The first kappa shape index (κ1) is 28.8. The van der Waals surface area contributed by atoms with Crippen LogP contribution in [0.3, 0.4) is 0 Å². The minimum atomic E-state index is -4.64. The summed E-state index contributed by atoms with van der Waals surface area (Å²) < 4.78 is 46.8. The number of ether oxygens (including phenoxy) is 1. The van der Waals surface area contributed by atoms with Crippen LogP contribution in [0.1, 0.15) is 54.4 Å². The number of benzene rings is 1. The van der Waals surface area contributed by atoms with E-state index in [0.29, 0.717) is 23.4 Å². The number of carbonyl (C=O) groups is 1. The lowest BCUT2D eigenvalue weighted by molar-refractivity contribution is -0.137. The standard InChI is InChI=1S/C26H36F3N7O3/c1-36-12-10-17(11-13-36)31-24(37)16-8-9-21(22(14-16)38-2)33-25-30-15-18(26(27,28)29)23(34-25)32-19-6-4-5-7-20(19)35-39-3/h8-9,14-15,17,19-20,35H,4-7,10-13H2,1-3H3,(H,31,37)(H2,30,32,33,34)/t19-,20+/m1/s1. The van der Waals surface area contributed by atoms with Crippen molar-refractivity contribution in [2.45, 2.75) is 62.8 Å². The summed E-state index contributed by atoms with van der Waals surface area (Å²) in [5.41, 5.74) is 2.74. The number of alkyl halides is 3. The molecule has 10 nitrogen and oxygen atoms in total. The molecule has 0 radical (unpaired) electrons. The van der Waals surface area contributed by atoms with Gasteiger partial charge in [0.05, 0.1) is 25.9 Å². The summed E-state index contributed by atoms with van der Waals surface area (Å²) in [5, 5.41) is 8.97. The molecule has 0 spiro atoms. The second-order valence-corrected chi connectivity index (χ2v) is 10.0. The summed E-state index contributed by atoms with van der Waals surface area (Å²) in [4.78, 5) is 28.2. The molecule has 1 saturated heterocycles. The fourth-order valence-electron chi connectivity index (χ4n) is 5.01. The van der Waals surface area contributed by atoms with Crippen molar-refractivity contribution in [1.82, 2.24) is 25.7 Å². The van der Waals surface area contributed by atoms with Gasteiger partial charge < -0.3 is 30.4 Å². The van der Waals surface area contributed by atoms with Gasteiger partial charge in [0.1, 0.15) is 17.1 Å². The van der Waals surface area contributed by atoms with Crippen molar-refractivity contribution in [3.8, 4) is 5.75 Å². The monoisotopic (exact) mass is 551 g/mol. The Kier molecular flexibility index (Phi) is 9.46. The van der Waals surface area contributed by atoms with Crippen molar-refractivity contribution in [2.75, 3.05) is 45.0 Å². The number of carbonyl (C=O) groups excluding carboxylic acids is 1.